The Morgan fingerprint density at radius 1 is 1.33 bits per heavy atom. The average molecular weight is 314 g/mol. The molecule has 0 saturated carbocycles. The zero-order valence-corrected chi connectivity index (χ0v) is 14.3. The van der Waals surface area contributed by atoms with E-state index in [1.54, 1.807) is 39.3 Å². The molecule has 0 heterocycles. The Labute approximate surface area is 128 Å². The molecule has 120 valence electrons. The first-order chi connectivity index (χ1) is 9.70. The molecule has 0 amide bonds. The van der Waals surface area contributed by atoms with Crippen LogP contribution in [0.25, 0.3) is 0 Å². The highest BCUT2D eigenvalue weighted by Crippen LogP contribution is 2.23. The molecule has 1 unspecified atom stereocenters. The van der Waals surface area contributed by atoms with Crippen molar-refractivity contribution < 1.29 is 13.2 Å². The summed E-state index contributed by atoms with van der Waals surface area (Å²) in [7, 11) is -0.347. The van der Waals surface area contributed by atoms with Crippen LogP contribution in [-0.4, -0.2) is 39.5 Å². The van der Waals surface area contributed by atoms with Gasteiger partial charge >= 0.3 is 0 Å². The molecule has 0 aliphatic heterocycles. The number of rotatable bonds is 7. The summed E-state index contributed by atoms with van der Waals surface area (Å²) >= 11 is 0. The molecule has 0 aliphatic rings. The summed E-state index contributed by atoms with van der Waals surface area (Å²) in [5, 5.41) is 0. The SMILES string of the molecule is COc1ccc(S(=O)(=O)N(C)CCC(N)C(C)C)c(C)c1. The highest BCUT2D eigenvalue weighted by atomic mass is 32.2. The Balaban J connectivity index is 2.90. The summed E-state index contributed by atoms with van der Waals surface area (Å²) in [6, 6.07) is 4.97. The Kier molecular flexibility index (Phi) is 6.19. The Morgan fingerprint density at radius 2 is 1.95 bits per heavy atom. The third-order valence-electron chi connectivity index (χ3n) is 3.70. The second kappa shape index (κ2) is 7.24. The molecule has 6 heteroatoms. The van der Waals surface area contributed by atoms with Gasteiger partial charge in [0, 0.05) is 19.6 Å². The highest BCUT2D eigenvalue weighted by Gasteiger charge is 2.23. The fourth-order valence-electron chi connectivity index (χ4n) is 1.99. The van der Waals surface area contributed by atoms with Crippen LogP contribution in [0.5, 0.6) is 5.75 Å². The lowest BCUT2D eigenvalue weighted by molar-refractivity contribution is 0.397. The molecule has 0 radical (unpaired) electrons. The van der Waals surface area contributed by atoms with E-state index in [-0.39, 0.29) is 6.04 Å². The van der Waals surface area contributed by atoms with Gasteiger partial charge in [-0.3, -0.25) is 0 Å². The molecule has 0 saturated heterocycles. The summed E-state index contributed by atoms with van der Waals surface area (Å²) in [6.45, 7) is 6.25. The smallest absolute Gasteiger partial charge is 0.243 e. The zero-order valence-electron chi connectivity index (χ0n) is 13.5. The van der Waals surface area contributed by atoms with Crippen molar-refractivity contribution in [1.29, 1.82) is 0 Å². The van der Waals surface area contributed by atoms with Gasteiger partial charge in [-0.15, -0.1) is 0 Å². The first-order valence-electron chi connectivity index (χ1n) is 7.06. The normalized spacial score (nSPS) is 13.7. The monoisotopic (exact) mass is 314 g/mol. The maximum atomic E-state index is 12.6. The van der Waals surface area contributed by atoms with Gasteiger partial charge < -0.3 is 10.5 Å². The van der Waals surface area contributed by atoms with E-state index in [4.69, 9.17) is 10.5 Å². The number of sulfonamides is 1. The van der Waals surface area contributed by atoms with E-state index in [1.165, 1.54) is 4.31 Å². The van der Waals surface area contributed by atoms with Gasteiger partial charge in [0.05, 0.1) is 12.0 Å². The van der Waals surface area contributed by atoms with Crippen molar-refractivity contribution in [3.8, 4) is 5.75 Å². The van der Waals surface area contributed by atoms with Crippen LogP contribution in [0.15, 0.2) is 23.1 Å². The Hall–Kier alpha value is -1.11. The predicted molar refractivity (Wildman–Crippen MR) is 85.0 cm³/mol. The lowest BCUT2D eigenvalue weighted by atomic mass is 10.0. The summed E-state index contributed by atoms with van der Waals surface area (Å²) in [5.74, 6) is 0.986. The largest absolute Gasteiger partial charge is 0.497 e. The number of hydrogen-bond donors (Lipinski definition) is 1. The number of aryl methyl sites for hydroxylation is 1. The lowest BCUT2D eigenvalue weighted by Gasteiger charge is -2.22. The fraction of sp³-hybridized carbons (Fsp3) is 0.600. The minimum atomic E-state index is -3.49. The summed E-state index contributed by atoms with van der Waals surface area (Å²) in [4.78, 5) is 0.309. The van der Waals surface area contributed by atoms with Crippen LogP contribution >= 0.6 is 0 Å². The van der Waals surface area contributed by atoms with Crippen LogP contribution in [0.1, 0.15) is 25.8 Å². The Bertz CT molecular complexity index is 570. The minimum Gasteiger partial charge on any atom is -0.497 e. The van der Waals surface area contributed by atoms with Crippen molar-refractivity contribution in [2.45, 2.75) is 38.1 Å². The molecule has 0 aromatic heterocycles. The second-order valence-electron chi connectivity index (χ2n) is 5.65. The third kappa shape index (κ3) is 4.43. The third-order valence-corrected chi connectivity index (χ3v) is 5.72. The van der Waals surface area contributed by atoms with Crippen LogP contribution in [0.4, 0.5) is 0 Å². The number of benzene rings is 1. The van der Waals surface area contributed by atoms with Gasteiger partial charge in [-0.2, -0.15) is 0 Å². The zero-order chi connectivity index (χ0) is 16.2. The highest BCUT2D eigenvalue weighted by molar-refractivity contribution is 7.89. The van der Waals surface area contributed by atoms with E-state index in [0.717, 1.165) is 0 Å². The van der Waals surface area contributed by atoms with E-state index in [9.17, 15) is 8.42 Å². The van der Waals surface area contributed by atoms with Crippen LogP contribution in [-0.2, 0) is 10.0 Å². The number of ether oxygens (including phenoxy) is 1. The molecule has 1 aromatic carbocycles. The average Bonchev–Trinajstić information content (AvgIpc) is 2.43. The van der Waals surface area contributed by atoms with Gasteiger partial charge in [-0.25, -0.2) is 12.7 Å². The molecule has 0 bridgehead atoms. The van der Waals surface area contributed by atoms with E-state index in [0.29, 0.717) is 35.1 Å². The summed E-state index contributed by atoms with van der Waals surface area (Å²) in [6.07, 6.45) is 0.641. The topological polar surface area (TPSA) is 72.6 Å². The van der Waals surface area contributed by atoms with E-state index < -0.39 is 10.0 Å². The quantitative estimate of drug-likeness (QED) is 0.835. The van der Waals surface area contributed by atoms with Crippen LogP contribution in [0.3, 0.4) is 0 Å². The predicted octanol–water partition coefficient (Wildman–Crippen LogP) is 2.00. The summed E-state index contributed by atoms with van der Waals surface area (Å²) < 4.78 is 31.6. The Morgan fingerprint density at radius 3 is 2.43 bits per heavy atom. The van der Waals surface area contributed by atoms with E-state index in [1.807, 2.05) is 13.8 Å². The summed E-state index contributed by atoms with van der Waals surface area (Å²) in [5.41, 5.74) is 6.65. The van der Waals surface area contributed by atoms with E-state index in [2.05, 4.69) is 0 Å². The van der Waals surface area contributed by atoms with Crippen molar-refractivity contribution in [3.63, 3.8) is 0 Å². The molecule has 1 aromatic rings. The second-order valence-corrected chi connectivity index (χ2v) is 7.67. The molecule has 0 aliphatic carbocycles. The molecule has 0 fully saturated rings. The van der Waals surface area contributed by atoms with Crippen molar-refractivity contribution in [2.24, 2.45) is 11.7 Å². The van der Waals surface area contributed by atoms with Gasteiger partial charge in [-0.05, 0) is 43.0 Å². The molecule has 1 atom stereocenters. The maximum absolute atomic E-state index is 12.6. The molecule has 2 N–H and O–H groups in total. The lowest BCUT2D eigenvalue weighted by Crippen LogP contribution is -2.34. The first kappa shape index (κ1) is 17.9. The van der Waals surface area contributed by atoms with Gasteiger partial charge in [0.15, 0.2) is 0 Å². The first-order valence-corrected chi connectivity index (χ1v) is 8.50. The number of hydrogen-bond acceptors (Lipinski definition) is 4. The molecule has 0 spiro atoms. The minimum absolute atomic E-state index is 0.000357. The van der Waals surface area contributed by atoms with Crippen molar-refractivity contribution in [3.05, 3.63) is 23.8 Å². The van der Waals surface area contributed by atoms with Crippen LogP contribution in [0, 0.1) is 12.8 Å². The van der Waals surface area contributed by atoms with Crippen molar-refractivity contribution in [2.75, 3.05) is 20.7 Å². The number of nitrogens with two attached hydrogens (primary N) is 1. The van der Waals surface area contributed by atoms with Gasteiger partial charge in [-0.1, -0.05) is 13.8 Å². The van der Waals surface area contributed by atoms with E-state index >= 15 is 0 Å². The van der Waals surface area contributed by atoms with Crippen molar-refractivity contribution >= 4 is 10.0 Å². The molecular formula is C15H26N2O3S. The van der Waals surface area contributed by atoms with Crippen LogP contribution < -0.4 is 10.5 Å². The maximum Gasteiger partial charge on any atom is 0.243 e. The van der Waals surface area contributed by atoms with Crippen molar-refractivity contribution in [1.82, 2.24) is 4.31 Å². The fourth-order valence-corrected chi connectivity index (χ4v) is 3.38. The molecule has 1 rings (SSSR count). The number of nitrogens with zero attached hydrogens (tertiary/aromatic N) is 1. The number of methoxy groups -OCH3 is 1. The standard InChI is InChI=1S/C15H26N2O3S/c1-11(2)14(16)8-9-17(4)21(18,19)15-7-6-13(20-5)10-12(15)3/h6-7,10-11,14H,8-9,16H2,1-5H3. The molecule has 5 nitrogen and oxygen atoms in total. The molecule has 21 heavy (non-hydrogen) atoms. The molecular weight excluding hydrogens is 288 g/mol. The van der Waals surface area contributed by atoms with Gasteiger partial charge in [0.1, 0.15) is 5.75 Å². The van der Waals surface area contributed by atoms with Gasteiger partial charge in [0.25, 0.3) is 0 Å². The van der Waals surface area contributed by atoms with Crippen LogP contribution in [0.2, 0.25) is 0 Å². The van der Waals surface area contributed by atoms with Gasteiger partial charge in [0.2, 0.25) is 10.0 Å².